The zero-order valence-corrected chi connectivity index (χ0v) is 14.5. The van der Waals surface area contributed by atoms with E-state index in [0.29, 0.717) is 11.7 Å². The van der Waals surface area contributed by atoms with Crippen LogP contribution in [0.2, 0.25) is 5.82 Å². The highest BCUT2D eigenvalue weighted by atomic mass is 32.2. The predicted molar refractivity (Wildman–Crippen MR) is 86.1 cm³/mol. The van der Waals surface area contributed by atoms with Gasteiger partial charge in [-0.1, -0.05) is 52.6 Å². The standard InChI is InChI=1S/C14H28BN3S/c1-10(2)13(5,6)14(7,8)18-9-12(16-17-18)19-15-11(3)4/h9-11,15H,1-8H3. The van der Waals surface area contributed by atoms with Crippen LogP contribution in [-0.4, -0.2) is 21.6 Å². The fourth-order valence-electron chi connectivity index (χ4n) is 1.84. The summed E-state index contributed by atoms with van der Waals surface area (Å²) < 4.78 is 2.04. The fraction of sp³-hybridized carbons (Fsp3) is 0.857. The lowest BCUT2D eigenvalue weighted by molar-refractivity contribution is 0.0526. The Morgan fingerprint density at radius 2 is 1.74 bits per heavy atom. The van der Waals surface area contributed by atoms with Crippen molar-refractivity contribution in [2.45, 2.75) is 71.8 Å². The molecule has 0 radical (unpaired) electrons. The van der Waals surface area contributed by atoms with E-state index in [2.05, 4.69) is 71.9 Å². The van der Waals surface area contributed by atoms with Gasteiger partial charge < -0.3 is 0 Å². The van der Waals surface area contributed by atoms with Crippen molar-refractivity contribution < 1.29 is 0 Å². The fourth-order valence-corrected chi connectivity index (χ4v) is 2.61. The minimum atomic E-state index is -0.0508. The number of hydrogen-bond acceptors (Lipinski definition) is 3. The van der Waals surface area contributed by atoms with E-state index in [0.717, 1.165) is 11.6 Å². The molecule has 0 atom stereocenters. The summed E-state index contributed by atoms with van der Waals surface area (Å²) in [5.41, 5.74) is 0.103. The molecule has 19 heavy (non-hydrogen) atoms. The molecule has 1 heterocycles. The van der Waals surface area contributed by atoms with Gasteiger partial charge in [-0.2, -0.15) is 11.6 Å². The number of rotatable bonds is 6. The molecule has 0 amide bonds. The lowest BCUT2D eigenvalue weighted by Crippen LogP contribution is -2.45. The first-order chi connectivity index (χ1) is 8.59. The van der Waals surface area contributed by atoms with Gasteiger partial charge >= 0.3 is 0 Å². The topological polar surface area (TPSA) is 30.7 Å². The van der Waals surface area contributed by atoms with E-state index in [9.17, 15) is 0 Å². The third-order valence-electron chi connectivity index (χ3n) is 4.63. The van der Waals surface area contributed by atoms with Gasteiger partial charge in [-0.3, -0.25) is 0 Å². The molecule has 0 aliphatic rings. The van der Waals surface area contributed by atoms with Crippen LogP contribution in [0, 0.1) is 11.3 Å². The quantitative estimate of drug-likeness (QED) is 0.739. The first-order valence-corrected chi connectivity index (χ1v) is 8.13. The van der Waals surface area contributed by atoms with Gasteiger partial charge in [0.15, 0.2) is 0 Å². The Morgan fingerprint density at radius 3 is 2.21 bits per heavy atom. The highest BCUT2D eigenvalue weighted by Gasteiger charge is 2.41. The zero-order valence-electron chi connectivity index (χ0n) is 13.7. The molecule has 3 nitrogen and oxygen atoms in total. The van der Waals surface area contributed by atoms with Gasteiger partial charge in [0, 0.05) is 0 Å². The average Bonchev–Trinajstić information content (AvgIpc) is 2.74. The summed E-state index contributed by atoms with van der Waals surface area (Å²) in [6.07, 6.45) is 2.09. The Labute approximate surface area is 123 Å². The van der Waals surface area contributed by atoms with Gasteiger partial charge in [-0.15, -0.1) is 5.10 Å². The predicted octanol–water partition coefficient (Wildman–Crippen LogP) is 3.97. The molecular weight excluding hydrogens is 253 g/mol. The number of aromatic nitrogens is 3. The van der Waals surface area contributed by atoms with Crippen LogP contribution in [0.15, 0.2) is 11.2 Å². The first kappa shape index (κ1) is 16.6. The Morgan fingerprint density at radius 1 is 1.16 bits per heavy atom. The first-order valence-electron chi connectivity index (χ1n) is 7.14. The highest BCUT2D eigenvalue weighted by molar-refractivity contribution is 8.22. The van der Waals surface area contributed by atoms with Crippen LogP contribution in [0.3, 0.4) is 0 Å². The minimum Gasteiger partial charge on any atom is -0.245 e. The highest BCUT2D eigenvalue weighted by Crippen LogP contribution is 2.42. The Bertz CT molecular complexity index is 411. The minimum absolute atomic E-state index is 0.0508. The van der Waals surface area contributed by atoms with Crippen LogP contribution in [0.1, 0.15) is 55.4 Å². The summed E-state index contributed by atoms with van der Waals surface area (Å²) in [6, 6.07) is 0. The molecule has 0 unspecified atom stereocenters. The second kappa shape index (κ2) is 5.90. The summed E-state index contributed by atoms with van der Waals surface area (Å²) in [7, 11) is 0. The molecule has 5 heteroatoms. The second-order valence-electron chi connectivity index (χ2n) is 7.14. The van der Waals surface area contributed by atoms with E-state index in [1.165, 1.54) is 0 Å². The SMILES string of the molecule is CC(C)BSc1cn(C(C)(C)C(C)(C)C(C)C)nn1. The summed E-state index contributed by atoms with van der Waals surface area (Å²) in [4.78, 5) is 0. The summed E-state index contributed by atoms with van der Waals surface area (Å²) >= 11 is 1.79. The molecule has 1 aromatic heterocycles. The molecule has 1 rings (SSSR count). The smallest absolute Gasteiger partial charge is 0.202 e. The maximum atomic E-state index is 4.36. The summed E-state index contributed by atoms with van der Waals surface area (Å²) in [5.74, 6) is 1.26. The summed E-state index contributed by atoms with van der Waals surface area (Å²) in [6.45, 7) is 19.2. The third kappa shape index (κ3) is 3.56. The van der Waals surface area contributed by atoms with Crippen molar-refractivity contribution in [2.75, 3.05) is 0 Å². The largest absolute Gasteiger partial charge is 0.245 e. The van der Waals surface area contributed by atoms with Crippen LogP contribution < -0.4 is 0 Å². The van der Waals surface area contributed by atoms with Crippen molar-refractivity contribution in [1.29, 1.82) is 0 Å². The van der Waals surface area contributed by atoms with Crippen molar-refractivity contribution in [3.8, 4) is 0 Å². The van der Waals surface area contributed by atoms with Crippen LogP contribution in [0.25, 0.3) is 0 Å². The van der Waals surface area contributed by atoms with E-state index in [1.54, 1.807) is 11.6 Å². The second-order valence-corrected chi connectivity index (χ2v) is 8.18. The van der Waals surface area contributed by atoms with E-state index >= 15 is 0 Å². The molecule has 0 aromatic carbocycles. The van der Waals surface area contributed by atoms with Crippen molar-refractivity contribution in [2.24, 2.45) is 11.3 Å². The van der Waals surface area contributed by atoms with E-state index in [-0.39, 0.29) is 11.0 Å². The summed E-state index contributed by atoms with van der Waals surface area (Å²) in [5, 5.41) is 9.69. The van der Waals surface area contributed by atoms with Gasteiger partial charge in [0.2, 0.25) is 6.56 Å². The van der Waals surface area contributed by atoms with Gasteiger partial charge in [-0.25, -0.2) is 4.68 Å². The van der Waals surface area contributed by atoms with Crippen LogP contribution in [0.5, 0.6) is 0 Å². The average molecular weight is 281 g/mol. The Balaban J connectivity index is 2.91. The zero-order chi connectivity index (χ0) is 14.8. The Kier molecular flexibility index (Phi) is 5.16. The van der Waals surface area contributed by atoms with Crippen molar-refractivity contribution in [1.82, 2.24) is 15.0 Å². The van der Waals surface area contributed by atoms with Gasteiger partial charge in [0.05, 0.1) is 11.7 Å². The third-order valence-corrected chi connectivity index (χ3v) is 5.95. The number of nitrogens with zero attached hydrogens (tertiary/aromatic N) is 3. The monoisotopic (exact) mass is 281 g/mol. The van der Waals surface area contributed by atoms with Crippen LogP contribution in [-0.2, 0) is 5.54 Å². The molecule has 1 aromatic rings. The number of hydrogen-bond donors (Lipinski definition) is 0. The van der Waals surface area contributed by atoms with E-state index in [1.807, 2.05) is 4.68 Å². The Hall–Kier alpha value is -0.445. The lowest BCUT2D eigenvalue weighted by atomic mass is 9.67. The molecular formula is C14H28BN3S. The molecule has 0 saturated heterocycles. The van der Waals surface area contributed by atoms with Gasteiger partial charge in [0.1, 0.15) is 5.03 Å². The van der Waals surface area contributed by atoms with Crippen molar-refractivity contribution in [3.05, 3.63) is 6.20 Å². The maximum Gasteiger partial charge on any atom is 0.202 e. The molecule has 0 spiro atoms. The molecule has 0 bridgehead atoms. The van der Waals surface area contributed by atoms with Crippen molar-refractivity contribution >= 4 is 18.2 Å². The van der Waals surface area contributed by atoms with Crippen LogP contribution >= 0.6 is 11.6 Å². The molecule has 0 fully saturated rings. The van der Waals surface area contributed by atoms with Crippen LogP contribution in [0.4, 0.5) is 0 Å². The maximum absolute atomic E-state index is 4.36. The van der Waals surface area contributed by atoms with E-state index in [4.69, 9.17) is 0 Å². The lowest BCUT2D eigenvalue weighted by Gasteiger charge is -2.44. The molecule has 0 saturated carbocycles. The molecule has 0 aliphatic carbocycles. The van der Waals surface area contributed by atoms with Gasteiger partial charge in [0.25, 0.3) is 0 Å². The normalized spacial score (nSPS) is 13.4. The van der Waals surface area contributed by atoms with Crippen molar-refractivity contribution in [3.63, 3.8) is 0 Å². The van der Waals surface area contributed by atoms with E-state index < -0.39 is 0 Å². The molecule has 0 aliphatic heterocycles. The molecule has 108 valence electrons. The molecule has 0 N–H and O–H groups in total. The van der Waals surface area contributed by atoms with Gasteiger partial charge in [-0.05, 0) is 25.2 Å².